The molecule has 0 bridgehead atoms. The third-order valence-electron chi connectivity index (χ3n) is 3.34. The van der Waals surface area contributed by atoms with Gasteiger partial charge in [-0.25, -0.2) is 0 Å². The lowest BCUT2D eigenvalue weighted by Gasteiger charge is -2.30. The van der Waals surface area contributed by atoms with Crippen LogP contribution in [-0.2, 0) is 0 Å². The fourth-order valence-corrected chi connectivity index (χ4v) is 2.30. The smallest absolute Gasteiger partial charge is 0.0320 e. The monoisotopic (exact) mass is 232 g/mol. The van der Waals surface area contributed by atoms with Crippen molar-refractivity contribution >= 4 is 0 Å². The van der Waals surface area contributed by atoms with Gasteiger partial charge >= 0.3 is 0 Å². The maximum atomic E-state index is 5.60. The van der Waals surface area contributed by atoms with Gasteiger partial charge in [0.15, 0.2) is 0 Å². The maximum absolute atomic E-state index is 5.60. The molecule has 17 heavy (non-hydrogen) atoms. The Kier molecular flexibility index (Phi) is 5.78. The first-order chi connectivity index (χ1) is 8.17. The van der Waals surface area contributed by atoms with Crippen LogP contribution in [0.4, 0.5) is 0 Å². The second-order valence-corrected chi connectivity index (χ2v) is 4.71. The first-order valence-electron chi connectivity index (χ1n) is 6.29. The third kappa shape index (κ3) is 4.61. The topological polar surface area (TPSA) is 38.0 Å². The molecule has 3 N–H and O–H groups in total. The van der Waals surface area contributed by atoms with Crippen LogP contribution in [0, 0.1) is 5.92 Å². The van der Waals surface area contributed by atoms with Gasteiger partial charge in [0.25, 0.3) is 0 Å². The summed E-state index contributed by atoms with van der Waals surface area (Å²) in [5, 5.41) is 3.57. The highest BCUT2D eigenvalue weighted by atomic mass is 14.9. The van der Waals surface area contributed by atoms with Crippen molar-refractivity contribution in [2.45, 2.75) is 31.7 Å². The fourth-order valence-electron chi connectivity index (χ4n) is 2.30. The van der Waals surface area contributed by atoms with Gasteiger partial charge in [-0.05, 0) is 43.7 Å². The lowest BCUT2D eigenvalue weighted by molar-refractivity contribution is 0.320. The van der Waals surface area contributed by atoms with Crippen LogP contribution in [0.2, 0.25) is 0 Å². The van der Waals surface area contributed by atoms with Crippen LogP contribution in [0.15, 0.2) is 49.2 Å². The van der Waals surface area contributed by atoms with E-state index in [0.29, 0.717) is 6.04 Å². The second-order valence-electron chi connectivity index (χ2n) is 4.71. The molecule has 0 radical (unpaired) electrons. The lowest BCUT2D eigenvalue weighted by atomic mass is 9.88. The fraction of sp³-hybridized carbons (Fsp3) is 0.467. The van der Waals surface area contributed by atoms with Gasteiger partial charge in [0, 0.05) is 11.7 Å². The highest BCUT2D eigenvalue weighted by molar-refractivity contribution is 5.27. The molecular weight excluding hydrogens is 208 g/mol. The van der Waals surface area contributed by atoms with Crippen molar-refractivity contribution in [1.29, 1.82) is 0 Å². The number of allylic oxidation sites excluding steroid dienone is 3. The Morgan fingerprint density at radius 3 is 2.59 bits per heavy atom. The van der Waals surface area contributed by atoms with E-state index in [1.165, 1.54) is 12.0 Å². The molecule has 0 aromatic rings. The van der Waals surface area contributed by atoms with Crippen molar-refractivity contribution in [2.75, 3.05) is 6.54 Å². The molecule has 0 aromatic heterocycles. The Morgan fingerprint density at radius 1 is 1.35 bits per heavy atom. The largest absolute Gasteiger partial charge is 0.403 e. The minimum Gasteiger partial charge on any atom is -0.403 e. The van der Waals surface area contributed by atoms with E-state index in [2.05, 4.69) is 25.1 Å². The molecule has 1 aliphatic rings. The molecule has 94 valence electrons. The predicted molar refractivity (Wildman–Crippen MR) is 75.6 cm³/mol. The van der Waals surface area contributed by atoms with Gasteiger partial charge in [-0.1, -0.05) is 38.0 Å². The molecule has 1 saturated heterocycles. The van der Waals surface area contributed by atoms with E-state index in [1.54, 1.807) is 0 Å². The molecule has 2 unspecified atom stereocenters. The van der Waals surface area contributed by atoms with Gasteiger partial charge < -0.3 is 11.1 Å². The standard InChI is InChI=1S/C15H24N2/c1-4-6-14(5-2)15-10-9-13(11-17-15)8-7-12(3)16/h4-6,13,15,17H,1-3,7-11,16H2/b14-6+. The quantitative estimate of drug-likeness (QED) is 0.691. The predicted octanol–water partition coefficient (Wildman–Crippen LogP) is 2.91. The molecule has 2 heteroatoms. The lowest BCUT2D eigenvalue weighted by Crippen LogP contribution is -2.39. The SMILES string of the molecule is C=C/C=C(\C=C)C1CCC(CCC(=C)N)CN1. The number of nitrogens with one attached hydrogen (secondary N) is 1. The normalized spacial score (nSPS) is 25.3. The Labute approximate surface area is 105 Å². The summed E-state index contributed by atoms with van der Waals surface area (Å²) in [5.74, 6) is 0.723. The zero-order valence-corrected chi connectivity index (χ0v) is 10.6. The molecule has 1 heterocycles. The molecule has 2 nitrogen and oxygen atoms in total. The van der Waals surface area contributed by atoms with Gasteiger partial charge in [0.2, 0.25) is 0 Å². The number of hydrogen-bond donors (Lipinski definition) is 2. The van der Waals surface area contributed by atoms with Crippen LogP contribution >= 0.6 is 0 Å². The van der Waals surface area contributed by atoms with Crippen molar-refractivity contribution in [2.24, 2.45) is 11.7 Å². The molecule has 0 spiro atoms. The van der Waals surface area contributed by atoms with Crippen LogP contribution in [0.5, 0.6) is 0 Å². The van der Waals surface area contributed by atoms with E-state index < -0.39 is 0 Å². The summed E-state index contributed by atoms with van der Waals surface area (Å²) in [4.78, 5) is 0. The first-order valence-corrected chi connectivity index (χ1v) is 6.29. The first kappa shape index (κ1) is 13.8. The Morgan fingerprint density at radius 2 is 2.12 bits per heavy atom. The van der Waals surface area contributed by atoms with Crippen molar-refractivity contribution in [3.8, 4) is 0 Å². The van der Waals surface area contributed by atoms with E-state index in [0.717, 1.165) is 37.4 Å². The Hall–Kier alpha value is -1.28. The molecular formula is C15H24N2. The number of piperidine rings is 1. The van der Waals surface area contributed by atoms with Gasteiger partial charge in [-0.15, -0.1) is 0 Å². The number of hydrogen-bond acceptors (Lipinski definition) is 2. The van der Waals surface area contributed by atoms with Crippen molar-refractivity contribution in [3.63, 3.8) is 0 Å². The van der Waals surface area contributed by atoms with Crippen molar-refractivity contribution < 1.29 is 0 Å². The van der Waals surface area contributed by atoms with Crippen LogP contribution in [0.1, 0.15) is 25.7 Å². The summed E-state index contributed by atoms with van der Waals surface area (Å²) in [6, 6.07) is 0.433. The van der Waals surface area contributed by atoms with Crippen LogP contribution in [0.3, 0.4) is 0 Å². The summed E-state index contributed by atoms with van der Waals surface area (Å²) in [6.45, 7) is 12.4. The zero-order valence-electron chi connectivity index (χ0n) is 10.6. The molecule has 1 aliphatic heterocycles. The van der Waals surface area contributed by atoms with E-state index in [1.807, 2.05) is 18.2 Å². The van der Waals surface area contributed by atoms with E-state index >= 15 is 0 Å². The second kappa shape index (κ2) is 7.13. The van der Waals surface area contributed by atoms with E-state index in [9.17, 15) is 0 Å². The highest BCUT2D eigenvalue weighted by Crippen LogP contribution is 2.23. The molecule has 2 atom stereocenters. The van der Waals surface area contributed by atoms with Gasteiger partial charge in [-0.2, -0.15) is 0 Å². The van der Waals surface area contributed by atoms with Gasteiger partial charge in [0.05, 0.1) is 0 Å². The minimum absolute atomic E-state index is 0.433. The number of rotatable bonds is 6. The summed E-state index contributed by atoms with van der Waals surface area (Å²) < 4.78 is 0. The zero-order chi connectivity index (χ0) is 12.7. The Balaban J connectivity index is 2.39. The summed E-state index contributed by atoms with van der Waals surface area (Å²) in [6.07, 6.45) is 10.3. The van der Waals surface area contributed by atoms with Gasteiger partial charge in [-0.3, -0.25) is 0 Å². The van der Waals surface area contributed by atoms with Crippen LogP contribution in [0.25, 0.3) is 0 Å². The third-order valence-corrected chi connectivity index (χ3v) is 3.34. The van der Waals surface area contributed by atoms with Crippen molar-refractivity contribution in [1.82, 2.24) is 5.32 Å². The molecule has 0 saturated carbocycles. The average Bonchev–Trinajstić information content (AvgIpc) is 2.34. The Bertz CT molecular complexity index is 307. The maximum Gasteiger partial charge on any atom is 0.0320 e. The van der Waals surface area contributed by atoms with Crippen molar-refractivity contribution in [3.05, 3.63) is 49.2 Å². The summed E-state index contributed by atoms with van der Waals surface area (Å²) >= 11 is 0. The summed E-state index contributed by atoms with van der Waals surface area (Å²) in [7, 11) is 0. The molecule has 1 rings (SSSR count). The molecule has 0 amide bonds. The summed E-state index contributed by atoms with van der Waals surface area (Å²) in [5.41, 5.74) is 7.63. The average molecular weight is 232 g/mol. The molecule has 0 aromatic carbocycles. The minimum atomic E-state index is 0.433. The van der Waals surface area contributed by atoms with Crippen LogP contribution < -0.4 is 11.1 Å². The van der Waals surface area contributed by atoms with Crippen LogP contribution in [-0.4, -0.2) is 12.6 Å². The highest BCUT2D eigenvalue weighted by Gasteiger charge is 2.21. The van der Waals surface area contributed by atoms with E-state index in [4.69, 9.17) is 5.73 Å². The number of nitrogens with two attached hydrogens (primary N) is 1. The van der Waals surface area contributed by atoms with Gasteiger partial charge in [0.1, 0.15) is 0 Å². The molecule has 1 fully saturated rings. The van der Waals surface area contributed by atoms with E-state index in [-0.39, 0.29) is 0 Å². The molecule has 0 aliphatic carbocycles.